The van der Waals surface area contributed by atoms with Crippen LogP contribution in [0.3, 0.4) is 0 Å². The van der Waals surface area contributed by atoms with Gasteiger partial charge in [0, 0.05) is 17.8 Å². The highest BCUT2D eigenvalue weighted by atomic mass is 35.5. The van der Waals surface area contributed by atoms with Crippen LogP contribution in [0.1, 0.15) is 46.6 Å². The van der Waals surface area contributed by atoms with Crippen LogP contribution in [0.2, 0.25) is 5.02 Å². The molecule has 1 atom stereocenters. The molecule has 1 aliphatic carbocycles. The van der Waals surface area contributed by atoms with E-state index in [0.29, 0.717) is 30.0 Å². The van der Waals surface area contributed by atoms with Crippen LogP contribution in [0.5, 0.6) is 0 Å². The van der Waals surface area contributed by atoms with Crippen LogP contribution >= 0.6 is 11.6 Å². The van der Waals surface area contributed by atoms with Crippen molar-refractivity contribution in [3.05, 3.63) is 40.2 Å². The molecule has 11 nitrogen and oxygen atoms in total. The van der Waals surface area contributed by atoms with Crippen LogP contribution in [-0.4, -0.2) is 52.8 Å². The van der Waals surface area contributed by atoms with Crippen LogP contribution < -0.4 is 10.9 Å². The molecule has 34 heavy (non-hydrogen) atoms. The lowest BCUT2D eigenvalue weighted by atomic mass is 9.80. The summed E-state index contributed by atoms with van der Waals surface area (Å²) < 4.78 is 8.00. The summed E-state index contributed by atoms with van der Waals surface area (Å²) in [5, 5.41) is 16.7. The van der Waals surface area contributed by atoms with Gasteiger partial charge in [0.05, 0.1) is 22.8 Å². The molecule has 3 aromatic heterocycles. The summed E-state index contributed by atoms with van der Waals surface area (Å²) in [4.78, 5) is 45.2. The number of nitrogens with zero attached hydrogens (tertiary/aromatic N) is 5. The number of rotatable bonds is 6. The molecule has 1 unspecified atom stereocenters. The number of carboxylic acids is 1. The molecule has 1 saturated carbocycles. The molecule has 0 aromatic carbocycles. The first kappa shape index (κ1) is 23.7. The van der Waals surface area contributed by atoms with Gasteiger partial charge in [0.25, 0.3) is 5.56 Å². The molecule has 0 radical (unpaired) electrons. The molecule has 1 fully saturated rings. The molecule has 1 aliphatic rings. The molecule has 180 valence electrons. The van der Waals surface area contributed by atoms with E-state index in [9.17, 15) is 14.4 Å². The van der Waals surface area contributed by atoms with Crippen LogP contribution in [0.4, 0.5) is 5.95 Å². The Hall–Kier alpha value is -3.47. The summed E-state index contributed by atoms with van der Waals surface area (Å²) in [7, 11) is 0. The van der Waals surface area contributed by atoms with Gasteiger partial charge in [-0.2, -0.15) is 5.10 Å². The molecule has 0 amide bonds. The maximum Gasteiger partial charge on any atom is 0.329 e. The fourth-order valence-corrected chi connectivity index (χ4v) is 3.87. The first-order valence-corrected chi connectivity index (χ1v) is 11.2. The second kappa shape index (κ2) is 8.71. The molecular weight excluding hydrogens is 464 g/mol. The normalized spacial score (nSPS) is 18.9. The minimum Gasteiger partial charge on any atom is -0.481 e. The Labute approximate surface area is 199 Å². The Kier molecular flexibility index (Phi) is 6.07. The number of hydrogen-bond acceptors (Lipinski definition) is 8. The van der Waals surface area contributed by atoms with Gasteiger partial charge in [0.2, 0.25) is 5.95 Å². The number of aliphatic carboxylic acids is 1. The van der Waals surface area contributed by atoms with Gasteiger partial charge in [-0.1, -0.05) is 11.6 Å². The van der Waals surface area contributed by atoms with Gasteiger partial charge in [-0.15, -0.1) is 0 Å². The fraction of sp³-hybridized carbons (Fsp3) is 0.455. The first-order valence-electron chi connectivity index (χ1n) is 10.8. The molecule has 0 aliphatic heterocycles. The van der Waals surface area contributed by atoms with E-state index in [2.05, 4.69) is 20.4 Å². The van der Waals surface area contributed by atoms with Gasteiger partial charge < -0.3 is 15.2 Å². The predicted molar refractivity (Wildman–Crippen MR) is 124 cm³/mol. The minimum absolute atomic E-state index is 0.0357. The van der Waals surface area contributed by atoms with Gasteiger partial charge in [-0.3, -0.25) is 14.2 Å². The number of carbonyl (C=O) groups is 2. The summed E-state index contributed by atoms with van der Waals surface area (Å²) in [6, 6.07) is 0.694. The second-order valence-electron chi connectivity index (χ2n) is 9.35. The lowest BCUT2D eigenvalue weighted by molar-refractivity contribution is -0.158. The van der Waals surface area contributed by atoms with Crippen molar-refractivity contribution in [3.8, 4) is 11.3 Å². The predicted octanol–water partition coefficient (Wildman–Crippen LogP) is 2.78. The van der Waals surface area contributed by atoms with Gasteiger partial charge in [-0.25, -0.2) is 19.3 Å². The number of fused-ring (bicyclic) bond motifs is 1. The largest absolute Gasteiger partial charge is 0.481 e. The molecule has 3 aromatic rings. The molecule has 0 bridgehead atoms. The van der Waals surface area contributed by atoms with E-state index < -0.39 is 29.1 Å². The lowest BCUT2D eigenvalue weighted by Crippen LogP contribution is -2.39. The van der Waals surface area contributed by atoms with Crippen molar-refractivity contribution in [2.45, 2.75) is 58.2 Å². The van der Waals surface area contributed by atoms with Gasteiger partial charge in [0.1, 0.15) is 23.5 Å². The Balaban J connectivity index is 1.61. The third-order valence-electron chi connectivity index (χ3n) is 5.56. The average molecular weight is 489 g/mol. The Bertz CT molecular complexity index is 1320. The summed E-state index contributed by atoms with van der Waals surface area (Å²) in [5.74, 6) is -1.40. The highest BCUT2D eigenvalue weighted by Crippen LogP contribution is 2.31. The molecular formula is C22H25ClN6O5. The fourth-order valence-electron chi connectivity index (χ4n) is 3.67. The van der Waals surface area contributed by atoms with Crippen molar-refractivity contribution in [2.24, 2.45) is 5.92 Å². The monoisotopic (exact) mass is 488 g/mol. The zero-order valence-electron chi connectivity index (χ0n) is 19.1. The SMILES string of the molecule is CC(C(=O)OC(C)(C)C)n1cnn2cc(-c3nc(NC4CC(C(=O)O)C4)ncc3Cl)cc2c1=O. The molecule has 0 spiro atoms. The lowest BCUT2D eigenvalue weighted by Gasteiger charge is -2.32. The summed E-state index contributed by atoms with van der Waals surface area (Å²) in [5.41, 5.74) is 0.0699. The summed E-state index contributed by atoms with van der Waals surface area (Å²) in [6.07, 6.45) is 5.33. The van der Waals surface area contributed by atoms with E-state index in [-0.39, 0.29) is 22.5 Å². The molecule has 0 saturated heterocycles. The van der Waals surface area contributed by atoms with Crippen molar-refractivity contribution in [1.82, 2.24) is 24.1 Å². The van der Waals surface area contributed by atoms with Crippen molar-refractivity contribution in [2.75, 3.05) is 5.32 Å². The standard InChI is InChI=1S/C22H25ClN6O5/c1-11(20(33)34-22(2,3)4)28-10-25-29-9-13(7-16(29)18(28)30)17-15(23)8-24-21(27-17)26-14-5-12(6-14)19(31)32/h7-12,14H,5-6H2,1-4H3,(H,31,32)(H,24,26,27). The average Bonchev–Trinajstić information content (AvgIpc) is 3.14. The van der Waals surface area contributed by atoms with E-state index in [0.717, 1.165) is 0 Å². The molecule has 12 heteroatoms. The Morgan fingerprint density at radius 3 is 2.68 bits per heavy atom. The van der Waals surface area contributed by atoms with Crippen molar-refractivity contribution < 1.29 is 19.4 Å². The minimum atomic E-state index is -0.863. The number of carboxylic acid groups (broad SMARTS) is 1. The van der Waals surface area contributed by atoms with E-state index in [1.807, 2.05) is 0 Å². The maximum atomic E-state index is 13.1. The third-order valence-corrected chi connectivity index (χ3v) is 5.83. The van der Waals surface area contributed by atoms with E-state index in [1.54, 1.807) is 40.0 Å². The number of halogens is 1. The number of hydrogen-bond donors (Lipinski definition) is 2. The number of ether oxygens (including phenoxy) is 1. The van der Waals surface area contributed by atoms with Gasteiger partial charge in [-0.05, 0) is 46.6 Å². The Morgan fingerprint density at radius 1 is 1.32 bits per heavy atom. The smallest absolute Gasteiger partial charge is 0.329 e. The first-order chi connectivity index (χ1) is 15.9. The quantitative estimate of drug-likeness (QED) is 0.501. The highest BCUT2D eigenvalue weighted by Gasteiger charge is 2.35. The number of nitrogens with one attached hydrogen (secondary N) is 1. The van der Waals surface area contributed by atoms with Gasteiger partial charge >= 0.3 is 11.9 Å². The number of carbonyl (C=O) groups excluding carboxylic acids is 1. The Morgan fingerprint density at radius 2 is 2.03 bits per heavy atom. The third kappa shape index (κ3) is 4.74. The topological polar surface area (TPSA) is 141 Å². The van der Waals surface area contributed by atoms with Crippen LogP contribution in [-0.2, 0) is 14.3 Å². The summed E-state index contributed by atoms with van der Waals surface area (Å²) in [6.45, 7) is 6.84. The highest BCUT2D eigenvalue weighted by molar-refractivity contribution is 6.32. The molecule has 3 heterocycles. The van der Waals surface area contributed by atoms with E-state index >= 15 is 0 Å². The van der Waals surface area contributed by atoms with E-state index in [4.69, 9.17) is 21.4 Å². The van der Waals surface area contributed by atoms with Crippen LogP contribution in [0.25, 0.3) is 16.8 Å². The molecule has 4 rings (SSSR count). The van der Waals surface area contributed by atoms with Gasteiger partial charge in [0.15, 0.2) is 0 Å². The zero-order chi connectivity index (χ0) is 24.8. The maximum absolute atomic E-state index is 13.1. The van der Waals surface area contributed by atoms with Crippen molar-refractivity contribution in [3.63, 3.8) is 0 Å². The van der Waals surface area contributed by atoms with Crippen molar-refractivity contribution >= 4 is 35.0 Å². The number of anilines is 1. The number of aromatic nitrogens is 5. The zero-order valence-corrected chi connectivity index (χ0v) is 19.9. The molecule has 2 N–H and O–H groups in total. The van der Waals surface area contributed by atoms with Crippen LogP contribution in [0, 0.1) is 5.92 Å². The van der Waals surface area contributed by atoms with E-state index in [1.165, 1.54) is 21.6 Å². The second-order valence-corrected chi connectivity index (χ2v) is 9.76. The number of esters is 1. The van der Waals surface area contributed by atoms with Crippen molar-refractivity contribution in [1.29, 1.82) is 0 Å². The van der Waals surface area contributed by atoms with Crippen LogP contribution in [0.15, 0.2) is 29.6 Å². The summed E-state index contributed by atoms with van der Waals surface area (Å²) >= 11 is 6.33.